The normalized spacial score (nSPS) is 14.7. The number of halogens is 1. The van der Waals surface area contributed by atoms with Crippen LogP contribution in [0.3, 0.4) is 0 Å². The molecule has 110 valence electrons. The number of nitrogens with zero attached hydrogens (tertiary/aromatic N) is 2. The van der Waals surface area contributed by atoms with Gasteiger partial charge in [-0.25, -0.2) is 13.9 Å². The molecular formula is C15H15FN2O3. The Bertz CT molecular complexity index is 681. The number of carboxylic acids is 1. The van der Waals surface area contributed by atoms with Crippen LogP contribution in [-0.4, -0.2) is 27.1 Å². The van der Waals surface area contributed by atoms with Gasteiger partial charge in [0.05, 0.1) is 0 Å². The van der Waals surface area contributed by atoms with E-state index in [2.05, 4.69) is 5.10 Å². The predicted molar refractivity (Wildman–Crippen MR) is 75.9 cm³/mol. The predicted octanol–water partition coefficient (Wildman–Crippen LogP) is 3.17. The van der Waals surface area contributed by atoms with Gasteiger partial charge in [-0.1, -0.05) is 19.9 Å². The van der Waals surface area contributed by atoms with Gasteiger partial charge in [-0.3, -0.25) is 4.79 Å². The number of aldehydes is 1. The first-order chi connectivity index (χ1) is 9.95. The van der Waals surface area contributed by atoms with Gasteiger partial charge in [0.1, 0.15) is 11.5 Å². The molecule has 2 rings (SSSR count). The van der Waals surface area contributed by atoms with E-state index in [1.165, 1.54) is 22.9 Å². The van der Waals surface area contributed by atoms with Crippen LogP contribution < -0.4 is 0 Å². The van der Waals surface area contributed by atoms with Crippen molar-refractivity contribution in [2.45, 2.75) is 26.2 Å². The topological polar surface area (TPSA) is 72.2 Å². The minimum atomic E-state index is -1.19. The molecule has 0 fully saturated rings. The molecule has 0 radical (unpaired) electrons. The van der Waals surface area contributed by atoms with E-state index in [1.54, 1.807) is 19.9 Å². The second-order valence-electron chi connectivity index (χ2n) is 4.95. The molecule has 0 amide bonds. The van der Waals surface area contributed by atoms with Gasteiger partial charge in [0.2, 0.25) is 0 Å². The lowest BCUT2D eigenvalue weighted by atomic mass is 10.0. The number of hydrogen-bond donors (Lipinski definition) is 1. The summed E-state index contributed by atoms with van der Waals surface area (Å²) in [6.45, 7) is 3.59. The molecule has 1 heterocycles. The van der Waals surface area contributed by atoms with Crippen molar-refractivity contribution in [1.82, 2.24) is 9.78 Å². The fourth-order valence-corrected chi connectivity index (χ4v) is 2.25. The molecule has 1 aliphatic carbocycles. The highest BCUT2D eigenvalue weighted by Crippen LogP contribution is 2.27. The fraction of sp³-hybridized carbons (Fsp3) is 0.267. The van der Waals surface area contributed by atoms with Crippen LogP contribution in [0.15, 0.2) is 30.1 Å². The van der Waals surface area contributed by atoms with E-state index in [0.29, 0.717) is 24.0 Å². The summed E-state index contributed by atoms with van der Waals surface area (Å²) in [6, 6.07) is 0. The van der Waals surface area contributed by atoms with E-state index in [1.807, 2.05) is 0 Å². The van der Waals surface area contributed by atoms with Crippen LogP contribution in [0.25, 0.3) is 5.70 Å². The van der Waals surface area contributed by atoms with Crippen molar-refractivity contribution in [2.24, 2.45) is 0 Å². The van der Waals surface area contributed by atoms with E-state index < -0.39 is 11.8 Å². The number of carbonyl (C=O) groups excluding carboxylic acids is 1. The van der Waals surface area contributed by atoms with E-state index in [9.17, 15) is 19.1 Å². The molecule has 6 heteroatoms. The molecule has 1 aromatic heterocycles. The second-order valence-corrected chi connectivity index (χ2v) is 4.95. The summed E-state index contributed by atoms with van der Waals surface area (Å²) in [5.74, 6) is -1.77. The SMILES string of the molecule is CC(C)c1c(C(=O)O)nn(C2=CC=C(F)C=CC2)c1C=O. The molecule has 0 saturated carbocycles. The minimum absolute atomic E-state index is 0.148. The fourth-order valence-electron chi connectivity index (χ4n) is 2.25. The Morgan fingerprint density at radius 1 is 1.48 bits per heavy atom. The number of hydrogen-bond acceptors (Lipinski definition) is 3. The van der Waals surface area contributed by atoms with Gasteiger partial charge in [0.25, 0.3) is 0 Å². The molecule has 0 aromatic carbocycles. The van der Waals surface area contributed by atoms with Crippen LogP contribution in [0.2, 0.25) is 0 Å². The van der Waals surface area contributed by atoms with Crippen LogP contribution in [0.4, 0.5) is 4.39 Å². The maximum absolute atomic E-state index is 13.2. The summed E-state index contributed by atoms with van der Waals surface area (Å²) in [5.41, 5.74) is 0.968. The third-order valence-electron chi connectivity index (χ3n) is 3.16. The summed E-state index contributed by atoms with van der Waals surface area (Å²) >= 11 is 0. The average molecular weight is 290 g/mol. The maximum atomic E-state index is 13.2. The zero-order chi connectivity index (χ0) is 15.6. The highest BCUT2D eigenvalue weighted by Gasteiger charge is 2.25. The van der Waals surface area contributed by atoms with E-state index in [-0.39, 0.29) is 17.3 Å². The number of aromatic nitrogens is 2. The Hall–Kier alpha value is -2.50. The summed E-state index contributed by atoms with van der Waals surface area (Å²) in [6.07, 6.45) is 6.59. The number of carboxylic acid groups (broad SMARTS) is 1. The third kappa shape index (κ3) is 2.84. The number of carbonyl (C=O) groups is 2. The number of rotatable bonds is 4. The Balaban J connectivity index is 2.65. The van der Waals surface area contributed by atoms with E-state index >= 15 is 0 Å². The number of aromatic carboxylic acids is 1. The monoisotopic (exact) mass is 290 g/mol. The lowest BCUT2D eigenvalue weighted by Crippen LogP contribution is -2.05. The van der Waals surface area contributed by atoms with E-state index in [4.69, 9.17) is 0 Å². The molecule has 0 bridgehead atoms. The standard InChI is InChI=1S/C15H15FN2O3/c1-9(2)13-12(8-19)18(17-14(13)15(20)21)11-5-3-4-10(16)6-7-11/h3-4,6-9H,5H2,1-2H3,(H,20,21). The Kier molecular flexibility index (Phi) is 4.16. The van der Waals surface area contributed by atoms with Gasteiger partial charge < -0.3 is 5.11 Å². The highest BCUT2D eigenvalue weighted by molar-refractivity contribution is 5.91. The van der Waals surface area contributed by atoms with Gasteiger partial charge in [-0.05, 0) is 24.1 Å². The first-order valence-corrected chi connectivity index (χ1v) is 6.50. The molecule has 21 heavy (non-hydrogen) atoms. The van der Waals surface area contributed by atoms with Crippen molar-refractivity contribution >= 4 is 18.0 Å². The molecule has 1 aromatic rings. The highest BCUT2D eigenvalue weighted by atomic mass is 19.1. The van der Waals surface area contributed by atoms with Gasteiger partial charge in [0.15, 0.2) is 12.0 Å². The van der Waals surface area contributed by atoms with E-state index in [0.717, 1.165) is 0 Å². The smallest absolute Gasteiger partial charge is 0.356 e. The zero-order valence-electron chi connectivity index (χ0n) is 11.7. The van der Waals surface area contributed by atoms with Crippen LogP contribution in [0, 0.1) is 0 Å². The minimum Gasteiger partial charge on any atom is -0.476 e. The molecule has 0 unspecified atom stereocenters. The first-order valence-electron chi connectivity index (χ1n) is 6.50. The summed E-state index contributed by atoms with van der Waals surface area (Å²) in [5, 5.41) is 13.3. The Morgan fingerprint density at radius 2 is 2.19 bits per heavy atom. The Morgan fingerprint density at radius 3 is 2.76 bits per heavy atom. The van der Waals surface area contributed by atoms with Gasteiger partial charge in [-0.2, -0.15) is 5.10 Å². The van der Waals surface area contributed by atoms with Crippen molar-refractivity contribution in [3.8, 4) is 0 Å². The second kappa shape index (κ2) is 5.87. The molecule has 1 aliphatic rings. The lowest BCUT2D eigenvalue weighted by Gasteiger charge is -2.08. The van der Waals surface area contributed by atoms with Crippen molar-refractivity contribution in [1.29, 1.82) is 0 Å². The van der Waals surface area contributed by atoms with Crippen molar-refractivity contribution < 1.29 is 19.1 Å². The van der Waals surface area contributed by atoms with Gasteiger partial charge in [-0.15, -0.1) is 0 Å². The molecule has 0 aliphatic heterocycles. The molecule has 1 N–H and O–H groups in total. The maximum Gasteiger partial charge on any atom is 0.356 e. The van der Waals surface area contributed by atoms with Gasteiger partial charge >= 0.3 is 5.97 Å². The molecule has 5 nitrogen and oxygen atoms in total. The Labute approximate surface area is 121 Å². The summed E-state index contributed by atoms with van der Waals surface area (Å²) in [7, 11) is 0. The quantitative estimate of drug-likeness (QED) is 0.864. The average Bonchev–Trinajstić information content (AvgIpc) is 2.69. The lowest BCUT2D eigenvalue weighted by molar-refractivity contribution is 0.0688. The summed E-state index contributed by atoms with van der Waals surface area (Å²) in [4.78, 5) is 22.7. The van der Waals surface area contributed by atoms with Crippen LogP contribution in [-0.2, 0) is 0 Å². The van der Waals surface area contributed by atoms with Crippen LogP contribution in [0.1, 0.15) is 52.7 Å². The van der Waals surface area contributed by atoms with Gasteiger partial charge in [0, 0.05) is 17.7 Å². The van der Waals surface area contributed by atoms with Crippen molar-refractivity contribution in [3.05, 3.63) is 47.1 Å². The molecular weight excluding hydrogens is 275 g/mol. The third-order valence-corrected chi connectivity index (χ3v) is 3.16. The molecule has 0 spiro atoms. The molecule has 0 atom stereocenters. The zero-order valence-corrected chi connectivity index (χ0v) is 11.7. The van der Waals surface area contributed by atoms with Crippen molar-refractivity contribution in [3.63, 3.8) is 0 Å². The van der Waals surface area contributed by atoms with Crippen LogP contribution in [0.5, 0.6) is 0 Å². The summed E-state index contributed by atoms with van der Waals surface area (Å²) < 4.78 is 14.5. The van der Waals surface area contributed by atoms with Crippen LogP contribution >= 0.6 is 0 Å². The first kappa shape index (κ1) is 14.9. The molecule has 0 saturated heterocycles. The van der Waals surface area contributed by atoms with Crippen molar-refractivity contribution in [2.75, 3.05) is 0 Å². The number of allylic oxidation sites excluding steroid dienone is 6. The largest absolute Gasteiger partial charge is 0.476 e.